The monoisotopic (exact) mass is 340 g/mol. The lowest BCUT2D eigenvalue weighted by Gasteiger charge is -2.20. The van der Waals surface area contributed by atoms with Gasteiger partial charge in [-0.2, -0.15) is 0 Å². The molecule has 0 saturated heterocycles. The molecule has 0 aliphatic carbocycles. The molecular weight excluding hydrogens is 328 g/mol. The molecule has 24 heavy (non-hydrogen) atoms. The summed E-state index contributed by atoms with van der Waals surface area (Å²) >= 11 is 6.10. The third-order valence-electron chi connectivity index (χ3n) is 3.76. The molecule has 0 radical (unpaired) electrons. The van der Waals surface area contributed by atoms with Gasteiger partial charge in [-0.3, -0.25) is 14.8 Å². The highest BCUT2D eigenvalue weighted by Crippen LogP contribution is 2.21. The number of aromatic nitrogens is 2. The second-order valence-corrected chi connectivity index (χ2v) is 5.67. The quantitative estimate of drug-likeness (QED) is 0.728. The number of nitrogens with zero attached hydrogens (tertiary/aromatic N) is 3. The highest BCUT2D eigenvalue weighted by molar-refractivity contribution is 6.33. The molecule has 1 aliphatic rings. The molecule has 2 aromatic carbocycles. The van der Waals surface area contributed by atoms with Crippen LogP contribution in [0.25, 0.3) is 10.9 Å². The molecule has 0 atom stereocenters. The maximum absolute atomic E-state index is 12.6. The van der Waals surface area contributed by atoms with E-state index in [9.17, 15) is 4.79 Å². The number of fused-ring (bicyclic) bond motifs is 2. The lowest BCUT2D eigenvalue weighted by atomic mass is 10.2. The van der Waals surface area contributed by atoms with Gasteiger partial charge in [0.25, 0.3) is 11.5 Å². The van der Waals surface area contributed by atoms with Crippen molar-refractivity contribution in [1.82, 2.24) is 9.55 Å². The Labute approximate surface area is 142 Å². The number of benzene rings is 2. The summed E-state index contributed by atoms with van der Waals surface area (Å²) in [5.41, 5.74) is 4.04. The van der Waals surface area contributed by atoms with Gasteiger partial charge >= 0.3 is 0 Å². The fourth-order valence-corrected chi connectivity index (χ4v) is 2.76. The lowest BCUT2D eigenvalue weighted by Crippen LogP contribution is -2.35. The third kappa shape index (κ3) is 2.51. The number of rotatable bonds is 2. The molecule has 1 N–H and O–H groups in total. The van der Waals surface area contributed by atoms with Gasteiger partial charge < -0.3 is 4.74 Å². The number of nitrogens with one attached hydrogen (secondary N) is 1. The van der Waals surface area contributed by atoms with Gasteiger partial charge in [0.15, 0.2) is 0 Å². The van der Waals surface area contributed by atoms with E-state index in [1.165, 1.54) is 0 Å². The van der Waals surface area contributed by atoms with Crippen molar-refractivity contribution in [1.29, 1.82) is 0 Å². The van der Waals surface area contributed by atoms with Crippen molar-refractivity contribution < 1.29 is 4.74 Å². The minimum absolute atomic E-state index is 0.0932. The normalized spacial score (nSPS) is 15.1. The number of hydrogen-bond donors (Lipinski definition) is 1. The SMILES string of the molecule is O=c1c2ccccc2nc2n1CCO/C2=N/Nc1ccccc1Cl. The van der Waals surface area contributed by atoms with Crippen LogP contribution in [0.3, 0.4) is 0 Å². The van der Waals surface area contributed by atoms with Crippen molar-refractivity contribution in [3.05, 3.63) is 69.7 Å². The predicted molar refractivity (Wildman–Crippen MR) is 93.6 cm³/mol. The van der Waals surface area contributed by atoms with Crippen LogP contribution in [0.1, 0.15) is 5.82 Å². The zero-order valence-electron chi connectivity index (χ0n) is 12.6. The molecule has 0 unspecified atom stereocenters. The van der Waals surface area contributed by atoms with Crippen molar-refractivity contribution in [3.8, 4) is 0 Å². The molecule has 2 heterocycles. The summed E-state index contributed by atoms with van der Waals surface area (Å²) in [4.78, 5) is 17.1. The van der Waals surface area contributed by atoms with E-state index in [2.05, 4.69) is 15.5 Å². The van der Waals surface area contributed by atoms with Crippen molar-refractivity contribution in [2.75, 3.05) is 12.0 Å². The van der Waals surface area contributed by atoms with Gasteiger partial charge in [-0.25, -0.2) is 4.98 Å². The van der Waals surface area contributed by atoms with Crippen molar-refractivity contribution in [2.45, 2.75) is 6.54 Å². The Morgan fingerprint density at radius 3 is 2.83 bits per heavy atom. The van der Waals surface area contributed by atoms with Gasteiger partial charge in [-0.05, 0) is 24.3 Å². The Bertz CT molecular complexity index is 1010. The summed E-state index contributed by atoms with van der Waals surface area (Å²) in [7, 11) is 0. The van der Waals surface area contributed by atoms with Crippen LogP contribution in [-0.4, -0.2) is 22.1 Å². The van der Waals surface area contributed by atoms with Gasteiger partial charge in [0, 0.05) is 0 Å². The van der Waals surface area contributed by atoms with Crippen LogP contribution in [0, 0.1) is 0 Å². The Morgan fingerprint density at radius 1 is 1.17 bits per heavy atom. The van der Waals surface area contributed by atoms with E-state index in [4.69, 9.17) is 16.3 Å². The lowest BCUT2D eigenvalue weighted by molar-refractivity contribution is 0.259. The van der Waals surface area contributed by atoms with E-state index >= 15 is 0 Å². The van der Waals surface area contributed by atoms with Crippen LogP contribution in [0.15, 0.2) is 58.4 Å². The first-order valence-electron chi connectivity index (χ1n) is 7.45. The van der Waals surface area contributed by atoms with Crippen LogP contribution in [-0.2, 0) is 11.3 Å². The maximum atomic E-state index is 12.6. The van der Waals surface area contributed by atoms with Crippen LogP contribution in [0.5, 0.6) is 0 Å². The number of hydrazone groups is 1. The van der Waals surface area contributed by atoms with Crippen molar-refractivity contribution in [3.63, 3.8) is 0 Å². The molecule has 3 aromatic rings. The first kappa shape index (κ1) is 14.7. The number of hydrogen-bond acceptors (Lipinski definition) is 5. The van der Waals surface area contributed by atoms with Gasteiger partial charge in [0.05, 0.1) is 28.2 Å². The van der Waals surface area contributed by atoms with E-state index in [1.807, 2.05) is 24.3 Å². The van der Waals surface area contributed by atoms with Crippen LogP contribution in [0.4, 0.5) is 5.69 Å². The molecule has 0 bridgehead atoms. The molecule has 6 nitrogen and oxygen atoms in total. The standard InChI is InChI=1S/C17H13ClN4O2/c18-12-6-2-4-8-14(12)20-21-16-15-19-13-7-3-1-5-11(13)17(23)22(15)9-10-24-16/h1-8,20H,9-10H2/b21-16+. The van der Waals surface area contributed by atoms with Crippen LogP contribution < -0.4 is 11.0 Å². The van der Waals surface area contributed by atoms with E-state index in [0.29, 0.717) is 40.6 Å². The van der Waals surface area contributed by atoms with Crippen LogP contribution in [0.2, 0.25) is 5.02 Å². The van der Waals surface area contributed by atoms with Gasteiger partial charge in [-0.1, -0.05) is 35.9 Å². The highest BCUT2D eigenvalue weighted by Gasteiger charge is 2.21. The molecule has 120 valence electrons. The first-order valence-corrected chi connectivity index (χ1v) is 7.83. The zero-order valence-corrected chi connectivity index (χ0v) is 13.3. The number of halogens is 1. The summed E-state index contributed by atoms with van der Waals surface area (Å²) in [5.74, 6) is 0.675. The molecule has 0 saturated carbocycles. The number of para-hydroxylation sites is 2. The fraction of sp³-hybridized carbons (Fsp3) is 0.118. The molecule has 4 rings (SSSR count). The maximum Gasteiger partial charge on any atom is 0.275 e. The summed E-state index contributed by atoms with van der Waals surface area (Å²) in [6.07, 6.45) is 0. The molecule has 0 spiro atoms. The molecule has 0 amide bonds. The van der Waals surface area contributed by atoms with Gasteiger partial charge in [-0.15, -0.1) is 5.10 Å². The Kier molecular flexibility index (Phi) is 3.66. The van der Waals surface area contributed by atoms with Crippen molar-refractivity contribution in [2.24, 2.45) is 5.10 Å². The van der Waals surface area contributed by atoms with E-state index in [0.717, 1.165) is 0 Å². The second-order valence-electron chi connectivity index (χ2n) is 5.27. The Hall–Kier alpha value is -2.86. The molecule has 1 aliphatic heterocycles. The summed E-state index contributed by atoms with van der Waals surface area (Å²) < 4.78 is 7.17. The molecule has 7 heteroatoms. The van der Waals surface area contributed by atoms with Crippen molar-refractivity contribution >= 4 is 34.1 Å². The highest BCUT2D eigenvalue weighted by atomic mass is 35.5. The average Bonchev–Trinajstić information content (AvgIpc) is 2.61. The second kappa shape index (κ2) is 5.98. The van der Waals surface area contributed by atoms with E-state index in [1.54, 1.807) is 28.8 Å². The summed E-state index contributed by atoms with van der Waals surface area (Å²) in [5, 5.41) is 5.37. The minimum atomic E-state index is -0.0932. The minimum Gasteiger partial charge on any atom is -0.472 e. The molecule has 1 aromatic heterocycles. The zero-order chi connectivity index (χ0) is 16.5. The van der Waals surface area contributed by atoms with Gasteiger partial charge in [0.2, 0.25) is 5.82 Å². The van der Waals surface area contributed by atoms with Crippen LogP contribution >= 0.6 is 11.6 Å². The summed E-state index contributed by atoms with van der Waals surface area (Å²) in [6, 6.07) is 14.5. The first-order chi connectivity index (χ1) is 11.7. The topological polar surface area (TPSA) is 68.5 Å². The molecule has 0 fully saturated rings. The Morgan fingerprint density at radius 2 is 1.96 bits per heavy atom. The Balaban J connectivity index is 1.80. The van der Waals surface area contributed by atoms with E-state index < -0.39 is 0 Å². The average molecular weight is 341 g/mol. The largest absolute Gasteiger partial charge is 0.472 e. The predicted octanol–water partition coefficient (Wildman–Crippen LogP) is 2.85. The smallest absolute Gasteiger partial charge is 0.275 e. The summed E-state index contributed by atoms with van der Waals surface area (Å²) in [6.45, 7) is 0.799. The third-order valence-corrected chi connectivity index (χ3v) is 4.09. The molecular formula is C17H13ClN4O2. The fourth-order valence-electron chi connectivity index (χ4n) is 2.58. The number of ether oxygens (including phenoxy) is 1. The number of anilines is 1. The van der Waals surface area contributed by atoms with Gasteiger partial charge in [0.1, 0.15) is 6.61 Å². The van der Waals surface area contributed by atoms with E-state index in [-0.39, 0.29) is 11.5 Å².